The summed E-state index contributed by atoms with van der Waals surface area (Å²) in [6, 6.07) is 6.00. The first-order chi connectivity index (χ1) is 11.1. The van der Waals surface area contributed by atoms with Gasteiger partial charge < -0.3 is 10.2 Å². The molecule has 0 atom stereocenters. The van der Waals surface area contributed by atoms with Crippen LogP contribution in [0.5, 0.6) is 0 Å². The van der Waals surface area contributed by atoms with Crippen LogP contribution in [-0.2, 0) is 0 Å². The van der Waals surface area contributed by atoms with Gasteiger partial charge in [0.25, 0.3) is 0 Å². The molecule has 3 rings (SSSR count). The Morgan fingerprint density at radius 3 is 2.83 bits per heavy atom. The van der Waals surface area contributed by atoms with E-state index in [4.69, 9.17) is 0 Å². The smallest absolute Gasteiger partial charge is 0.317 e. The molecule has 1 fully saturated rings. The number of aromatic nitrogens is 3. The molecule has 0 unspecified atom stereocenters. The molecule has 1 aliphatic heterocycles. The molecule has 1 saturated heterocycles. The number of likely N-dealkylation sites (tertiary alicyclic amines) is 1. The molecular formula is C17H25N5O. The third-order valence-electron chi connectivity index (χ3n) is 4.49. The molecule has 0 aliphatic carbocycles. The number of hydrogen-bond acceptors (Lipinski definition) is 3. The summed E-state index contributed by atoms with van der Waals surface area (Å²) in [6.07, 6.45) is 4.91. The lowest BCUT2D eigenvalue weighted by Gasteiger charge is -2.31. The second-order valence-electron chi connectivity index (χ2n) is 6.66. The van der Waals surface area contributed by atoms with Crippen LogP contribution < -0.4 is 5.32 Å². The number of rotatable bonds is 4. The van der Waals surface area contributed by atoms with Crippen molar-refractivity contribution in [3.63, 3.8) is 0 Å². The number of piperidine rings is 1. The highest BCUT2D eigenvalue weighted by Crippen LogP contribution is 2.27. The molecule has 2 aromatic rings. The molecule has 0 radical (unpaired) electrons. The van der Waals surface area contributed by atoms with E-state index in [0.717, 1.165) is 50.4 Å². The predicted molar refractivity (Wildman–Crippen MR) is 89.4 cm³/mol. The van der Waals surface area contributed by atoms with Gasteiger partial charge in [0.05, 0.1) is 0 Å². The third kappa shape index (κ3) is 3.63. The zero-order valence-electron chi connectivity index (χ0n) is 13.9. The Kier molecular flexibility index (Phi) is 4.79. The second-order valence-corrected chi connectivity index (χ2v) is 6.66. The van der Waals surface area contributed by atoms with Crippen LogP contribution in [0.2, 0.25) is 0 Å². The zero-order valence-corrected chi connectivity index (χ0v) is 13.9. The molecular weight excluding hydrogens is 290 g/mol. The highest BCUT2D eigenvalue weighted by Gasteiger charge is 2.26. The van der Waals surface area contributed by atoms with Gasteiger partial charge in [0.2, 0.25) is 0 Å². The fraction of sp³-hybridized carbons (Fsp3) is 0.588. The molecule has 23 heavy (non-hydrogen) atoms. The van der Waals surface area contributed by atoms with Crippen LogP contribution >= 0.6 is 0 Å². The van der Waals surface area contributed by atoms with E-state index in [9.17, 15) is 4.79 Å². The first kappa shape index (κ1) is 15.8. The Bertz CT molecular complexity index is 658. The first-order valence-corrected chi connectivity index (χ1v) is 8.47. The average Bonchev–Trinajstić information content (AvgIpc) is 2.98. The highest BCUT2D eigenvalue weighted by molar-refractivity contribution is 5.74. The number of nitrogens with one attached hydrogen (secondary N) is 1. The molecule has 2 aromatic heterocycles. The van der Waals surface area contributed by atoms with Gasteiger partial charge in [-0.3, -0.25) is 4.40 Å². The Balaban J connectivity index is 1.55. The van der Waals surface area contributed by atoms with Gasteiger partial charge in [-0.15, -0.1) is 10.2 Å². The quantitative estimate of drug-likeness (QED) is 0.943. The van der Waals surface area contributed by atoms with Crippen LogP contribution in [0, 0.1) is 5.92 Å². The SMILES string of the molecule is CC(C)CCNC(=O)N1CCC(c2nnc3ccccn23)CC1. The van der Waals surface area contributed by atoms with Crippen LogP contribution in [0.4, 0.5) is 4.79 Å². The standard InChI is InChI=1S/C17H25N5O/c1-13(2)6-9-18-17(23)21-11-7-14(8-12-21)16-20-19-15-5-3-4-10-22(15)16/h3-5,10,13-14H,6-9,11-12H2,1-2H3,(H,18,23). The molecule has 1 aliphatic rings. The lowest BCUT2D eigenvalue weighted by atomic mass is 9.96. The number of nitrogens with zero attached hydrogens (tertiary/aromatic N) is 4. The summed E-state index contributed by atoms with van der Waals surface area (Å²) in [5.41, 5.74) is 0.886. The minimum Gasteiger partial charge on any atom is -0.338 e. The molecule has 6 heteroatoms. The van der Waals surface area contributed by atoms with E-state index in [1.807, 2.05) is 29.3 Å². The number of hydrogen-bond donors (Lipinski definition) is 1. The summed E-state index contributed by atoms with van der Waals surface area (Å²) < 4.78 is 2.06. The van der Waals surface area contributed by atoms with E-state index in [0.29, 0.717) is 11.8 Å². The van der Waals surface area contributed by atoms with Crippen molar-refractivity contribution < 1.29 is 4.79 Å². The monoisotopic (exact) mass is 315 g/mol. The summed E-state index contributed by atoms with van der Waals surface area (Å²) in [6.45, 7) is 6.64. The normalized spacial score (nSPS) is 16.2. The van der Waals surface area contributed by atoms with E-state index in [2.05, 4.69) is 33.8 Å². The van der Waals surface area contributed by atoms with Crippen molar-refractivity contribution in [1.29, 1.82) is 0 Å². The van der Waals surface area contributed by atoms with Gasteiger partial charge in [-0.25, -0.2) is 4.79 Å². The van der Waals surface area contributed by atoms with E-state index in [-0.39, 0.29) is 6.03 Å². The van der Waals surface area contributed by atoms with Gasteiger partial charge in [0.15, 0.2) is 5.65 Å². The first-order valence-electron chi connectivity index (χ1n) is 8.47. The topological polar surface area (TPSA) is 62.5 Å². The number of fused-ring (bicyclic) bond motifs is 1. The molecule has 1 N–H and O–H groups in total. The summed E-state index contributed by atoms with van der Waals surface area (Å²) in [4.78, 5) is 14.1. The van der Waals surface area contributed by atoms with E-state index in [1.54, 1.807) is 0 Å². The van der Waals surface area contributed by atoms with Crippen LogP contribution in [0.3, 0.4) is 0 Å². The lowest BCUT2D eigenvalue weighted by Crippen LogP contribution is -2.44. The zero-order chi connectivity index (χ0) is 16.2. The van der Waals surface area contributed by atoms with Crippen LogP contribution in [-0.4, -0.2) is 45.2 Å². The number of pyridine rings is 1. The van der Waals surface area contributed by atoms with Gasteiger partial charge >= 0.3 is 6.03 Å². The summed E-state index contributed by atoms with van der Waals surface area (Å²) in [5, 5.41) is 11.6. The largest absolute Gasteiger partial charge is 0.338 e. The average molecular weight is 315 g/mol. The van der Waals surface area contributed by atoms with Crippen LogP contribution in [0.15, 0.2) is 24.4 Å². The summed E-state index contributed by atoms with van der Waals surface area (Å²) in [5.74, 6) is 2.00. The minimum atomic E-state index is 0.0650. The fourth-order valence-electron chi connectivity index (χ4n) is 3.06. The number of amides is 2. The molecule has 124 valence electrons. The van der Waals surface area contributed by atoms with Crippen molar-refractivity contribution in [2.45, 2.75) is 39.0 Å². The van der Waals surface area contributed by atoms with Crippen molar-refractivity contribution in [2.24, 2.45) is 5.92 Å². The Hall–Kier alpha value is -2.11. The van der Waals surface area contributed by atoms with Crippen molar-refractivity contribution in [1.82, 2.24) is 24.8 Å². The lowest BCUT2D eigenvalue weighted by molar-refractivity contribution is 0.180. The van der Waals surface area contributed by atoms with Crippen LogP contribution in [0.1, 0.15) is 44.9 Å². The van der Waals surface area contributed by atoms with Gasteiger partial charge in [-0.2, -0.15) is 0 Å². The molecule has 3 heterocycles. The molecule has 6 nitrogen and oxygen atoms in total. The Morgan fingerprint density at radius 1 is 1.30 bits per heavy atom. The molecule has 0 aromatic carbocycles. The van der Waals surface area contributed by atoms with Crippen molar-refractivity contribution in [3.05, 3.63) is 30.2 Å². The Labute approximate surface area is 136 Å². The van der Waals surface area contributed by atoms with Crippen LogP contribution in [0.25, 0.3) is 5.65 Å². The van der Waals surface area contributed by atoms with Crippen molar-refractivity contribution in [2.75, 3.05) is 19.6 Å². The summed E-state index contributed by atoms with van der Waals surface area (Å²) in [7, 11) is 0. The number of carbonyl (C=O) groups excluding carboxylic acids is 1. The highest BCUT2D eigenvalue weighted by atomic mass is 16.2. The van der Waals surface area contributed by atoms with Gasteiger partial charge in [0.1, 0.15) is 5.82 Å². The van der Waals surface area contributed by atoms with Crippen molar-refractivity contribution >= 4 is 11.7 Å². The number of carbonyl (C=O) groups is 1. The molecule has 0 spiro atoms. The molecule has 2 amide bonds. The predicted octanol–water partition coefficient (Wildman–Crippen LogP) is 2.66. The van der Waals surface area contributed by atoms with Gasteiger partial charge in [-0.1, -0.05) is 19.9 Å². The minimum absolute atomic E-state index is 0.0650. The Morgan fingerprint density at radius 2 is 2.09 bits per heavy atom. The van der Waals surface area contributed by atoms with Crippen molar-refractivity contribution in [3.8, 4) is 0 Å². The second kappa shape index (κ2) is 6.98. The van der Waals surface area contributed by atoms with Gasteiger partial charge in [0, 0.05) is 31.7 Å². The molecule has 0 saturated carbocycles. The molecule has 0 bridgehead atoms. The maximum atomic E-state index is 12.2. The number of urea groups is 1. The third-order valence-corrected chi connectivity index (χ3v) is 4.49. The van der Waals surface area contributed by atoms with E-state index < -0.39 is 0 Å². The fourth-order valence-corrected chi connectivity index (χ4v) is 3.06. The van der Waals surface area contributed by atoms with Gasteiger partial charge in [-0.05, 0) is 37.3 Å². The maximum Gasteiger partial charge on any atom is 0.317 e. The van der Waals surface area contributed by atoms with E-state index in [1.165, 1.54) is 0 Å². The summed E-state index contributed by atoms with van der Waals surface area (Å²) >= 11 is 0. The maximum absolute atomic E-state index is 12.2. The van der Waals surface area contributed by atoms with E-state index >= 15 is 0 Å².